The van der Waals surface area contributed by atoms with Gasteiger partial charge in [0.1, 0.15) is 6.34 Å². The van der Waals surface area contributed by atoms with Crippen LogP contribution in [0, 0.1) is 0 Å². The highest BCUT2D eigenvalue weighted by molar-refractivity contribution is 7.90. The summed E-state index contributed by atoms with van der Waals surface area (Å²) in [5.41, 5.74) is 2.83. The Morgan fingerprint density at radius 1 is 0.900 bits per heavy atom. The molecule has 4 rings (SSSR count). The van der Waals surface area contributed by atoms with Crippen LogP contribution in [0.3, 0.4) is 0 Å². The van der Waals surface area contributed by atoms with Crippen LogP contribution in [0.4, 0.5) is 0 Å². The number of nitrogens with zero attached hydrogens (tertiary/aromatic N) is 3. The molecule has 0 saturated heterocycles. The fraction of sp³-hybridized carbons (Fsp3) is 0.0909. The van der Waals surface area contributed by atoms with Gasteiger partial charge in [-0.1, -0.05) is 65.7 Å². The van der Waals surface area contributed by atoms with Gasteiger partial charge in [-0.3, -0.25) is 5.01 Å². The first-order valence-corrected chi connectivity index (χ1v) is 11.3. The quantitative estimate of drug-likeness (QED) is 0.389. The highest BCUT2D eigenvalue weighted by atomic mass is 35.5. The van der Waals surface area contributed by atoms with Crippen molar-refractivity contribution in [1.29, 1.82) is 0 Å². The molecule has 1 heterocycles. The van der Waals surface area contributed by atoms with E-state index in [1.807, 2.05) is 54.6 Å². The van der Waals surface area contributed by atoms with Crippen molar-refractivity contribution in [2.45, 2.75) is 10.8 Å². The van der Waals surface area contributed by atoms with Crippen molar-refractivity contribution in [1.82, 2.24) is 5.01 Å². The van der Waals surface area contributed by atoms with E-state index in [9.17, 15) is 8.42 Å². The molecule has 8 heteroatoms. The van der Waals surface area contributed by atoms with Gasteiger partial charge in [-0.2, -0.15) is 13.5 Å². The average Bonchev–Trinajstić information content (AvgIpc) is 3.18. The maximum atomic E-state index is 12.5. The lowest BCUT2D eigenvalue weighted by Gasteiger charge is -2.13. The molecule has 1 aliphatic heterocycles. The Balaban J connectivity index is 1.64. The maximum Gasteiger partial charge on any atom is 0.283 e. The molecule has 0 fully saturated rings. The van der Waals surface area contributed by atoms with Crippen molar-refractivity contribution in [2.75, 3.05) is 6.54 Å². The Bertz CT molecular complexity index is 1190. The molecule has 0 aromatic heterocycles. The molecule has 30 heavy (non-hydrogen) atoms. The van der Waals surface area contributed by atoms with Crippen LogP contribution in [-0.4, -0.2) is 32.0 Å². The van der Waals surface area contributed by atoms with Gasteiger partial charge in [0.05, 0.1) is 17.2 Å². The fourth-order valence-electron chi connectivity index (χ4n) is 3.21. The Morgan fingerprint density at radius 2 is 1.50 bits per heavy atom. The molecule has 0 amide bonds. The van der Waals surface area contributed by atoms with E-state index in [4.69, 9.17) is 23.2 Å². The van der Waals surface area contributed by atoms with Gasteiger partial charge in [0.2, 0.25) is 0 Å². The van der Waals surface area contributed by atoms with E-state index in [1.165, 1.54) is 30.6 Å². The third kappa shape index (κ3) is 4.56. The number of sulfonamides is 1. The lowest BCUT2D eigenvalue weighted by Crippen LogP contribution is -2.18. The number of hydrogen-bond acceptors (Lipinski definition) is 3. The monoisotopic (exact) mass is 457 g/mol. The van der Waals surface area contributed by atoms with Gasteiger partial charge in [-0.05, 0) is 47.5 Å². The maximum absolute atomic E-state index is 12.5. The van der Waals surface area contributed by atoms with Gasteiger partial charge in [0.25, 0.3) is 10.0 Å². The Labute approximate surface area is 185 Å². The van der Waals surface area contributed by atoms with Gasteiger partial charge in [-0.15, -0.1) is 4.40 Å². The van der Waals surface area contributed by atoms with E-state index in [2.05, 4.69) is 9.50 Å². The van der Waals surface area contributed by atoms with Crippen molar-refractivity contribution in [2.24, 2.45) is 9.50 Å². The zero-order valence-electron chi connectivity index (χ0n) is 15.7. The summed E-state index contributed by atoms with van der Waals surface area (Å²) in [5.74, 6) is -0.0305. The van der Waals surface area contributed by atoms with Crippen LogP contribution in [0.15, 0.2) is 93.3 Å². The zero-order valence-corrected chi connectivity index (χ0v) is 18.0. The molecular weight excluding hydrogens is 441 g/mol. The average molecular weight is 458 g/mol. The second-order valence-corrected chi connectivity index (χ2v) is 9.23. The second-order valence-electron chi connectivity index (χ2n) is 6.73. The minimum atomic E-state index is -3.85. The summed E-state index contributed by atoms with van der Waals surface area (Å²) >= 11 is 11.9. The molecule has 0 N–H and O–H groups in total. The van der Waals surface area contributed by atoms with Crippen LogP contribution < -0.4 is 0 Å². The summed E-state index contributed by atoms with van der Waals surface area (Å²) < 4.78 is 28.8. The molecule has 0 bridgehead atoms. The van der Waals surface area contributed by atoms with Crippen molar-refractivity contribution >= 4 is 45.3 Å². The summed E-state index contributed by atoms with van der Waals surface area (Å²) in [4.78, 5) is 0.0730. The fourth-order valence-corrected chi connectivity index (χ4v) is 4.29. The van der Waals surface area contributed by atoms with Crippen molar-refractivity contribution in [3.05, 3.63) is 100 Å². The molecule has 1 aliphatic rings. The van der Waals surface area contributed by atoms with Gasteiger partial charge < -0.3 is 0 Å². The SMILES string of the molecule is O=S(=O)(/N=C\N1CC(c2ccccc2)C(c2ccc(Cl)cc2)=N1)c1ccc(Cl)cc1. The van der Waals surface area contributed by atoms with Crippen LogP contribution in [-0.2, 0) is 10.0 Å². The van der Waals surface area contributed by atoms with Crippen LogP contribution >= 0.6 is 23.2 Å². The lowest BCUT2D eigenvalue weighted by atomic mass is 9.91. The van der Waals surface area contributed by atoms with Gasteiger partial charge in [0, 0.05) is 16.0 Å². The Hall–Kier alpha value is -2.67. The smallest absolute Gasteiger partial charge is 0.252 e. The minimum Gasteiger partial charge on any atom is -0.252 e. The highest BCUT2D eigenvalue weighted by Crippen LogP contribution is 2.29. The van der Waals surface area contributed by atoms with Crippen LogP contribution in [0.5, 0.6) is 0 Å². The van der Waals surface area contributed by atoms with E-state index in [1.54, 1.807) is 5.01 Å². The highest BCUT2D eigenvalue weighted by Gasteiger charge is 2.29. The molecule has 0 radical (unpaired) electrons. The molecule has 3 aromatic carbocycles. The predicted octanol–water partition coefficient (Wildman–Crippen LogP) is 5.21. The van der Waals surface area contributed by atoms with E-state index in [0.29, 0.717) is 16.6 Å². The van der Waals surface area contributed by atoms with Crippen LogP contribution in [0.25, 0.3) is 0 Å². The molecule has 1 unspecified atom stereocenters. The molecule has 0 aliphatic carbocycles. The van der Waals surface area contributed by atoms with E-state index < -0.39 is 10.0 Å². The van der Waals surface area contributed by atoms with Crippen molar-refractivity contribution < 1.29 is 8.42 Å². The predicted molar refractivity (Wildman–Crippen MR) is 121 cm³/mol. The summed E-state index contributed by atoms with van der Waals surface area (Å²) in [7, 11) is -3.85. The molecule has 5 nitrogen and oxygen atoms in total. The van der Waals surface area contributed by atoms with Gasteiger partial charge >= 0.3 is 0 Å². The molecule has 152 valence electrons. The Morgan fingerprint density at radius 3 is 2.13 bits per heavy atom. The summed E-state index contributed by atoms with van der Waals surface area (Å²) in [6.07, 6.45) is 1.25. The molecule has 0 saturated carbocycles. The second kappa shape index (κ2) is 8.60. The van der Waals surface area contributed by atoms with Crippen LogP contribution in [0.1, 0.15) is 17.0 Å². The van der Waals surface area contributed by atoms with Gasteiger partial charge in [-0.25, -0.2) is 0 Å². The third-order valence-corrected chi connectivity index (χ3v) is 6.45. The lowest BCUT2D eigenvalue weighted by molar-refractivity contribution is 0.489. The first-order valence-electron chi connectivity index (χ1n) is 9.14. The minimum absolute atomic E-state index is 0.0305. The first-order chi connectivity index (χ1) is 14.4. The zero-order chi connectivity index (χ0) is 21.1. The number of hydrazone groups is 1. The number of halogens is 2. The third-order valence-electron chi connectivity index (χ3n) is 4.71. The van der Waals surface area contributed by atoms with E-state index >= 15 is 0 Å². The number of rotatable bonds is 5. The molecule has 0 spiro atoms. The van der Waals surface area contributed by atoms with Crippen LogP contribution in [0.2, 0.25) is 10.0 Å². The molecular formula is C22H17Cl2N3O2S. The topological polar surface area (TPSA) is 62.1 Å². The largest absolute Gasteiger partial charge is 0.283 e. The van der Waals surface area contributed by atoms with Crippen molar-refractivity contribution in [3.8, 4) is 0 Å². The Kier molecular flexibility index (Phi) is 5.90. The summed E-state index contributed by atoms with van der Waals surface area (Å²) in [6, 6.07) is 23.3. The van der Waals surface area contributed by atoms with E-state index in [-0.39, 0.29) is 10.8 Å². The van der Waals surface area contributed by atoms with E-state index in [0.717, 1.165) is 16.8 Å². The first kappa shape index (κ1) is 20.6. The normalized spacial score (nSPS) is 16.8. The van der Waals surface area contributed by atoms with Gasteiger partial charge in [0.15, 0.2) is 0 Å². The summed E-state index contributed by atoms with van der Waals surface area (Å²) in [6.45, 7) is 0.474. The summed E-state index contributed by atoms with van der Waals surface area (Å²) in [5, 5.41) is 7.28. The standard InChI is InChI=1S/C22H17Cl2N3O2S/c23-18-8-6-17(7-9-18)22-21(16-4-2-1-3-5-16)14-27(26-22)15-25-30(28,29)20-12-10-19(24)11-13-20/h1-13,15,21H,14H2/b25-15-. The van der Waals surface area contributed by atoms with Crippen molar-refractivity contribution in [3.63, 3.8) is 0 Å². The number of benzene rings is 3. The molecule has 1 atom stereocenters. The number of hydrogen-bond donors (Lipinski definition) is 0. The molecule has 3 aromatic rings.